The normalized spacial score (nSPS) is 18.7. The second kappa shape index (κ2) is 15.4. The molecule has 4 N–H and O–H groups in total. The van der Waals surface area contributed by atoms with E-state index in [1.165, 1.54) is 4.57 Å². The van der Waals surface area contributed by atoms with Crippen LogP contribution in [0.1, 0.15) is 74.6 Å². The first kappa shape index (κ1) is 39.2. The standard InChI is InChI=1S/C23H20Cl2N4O2.C23H22N4O2/c1-11(2)19-21-27-20-15(8-13(24)9-16(20)25)23(31)29(21)18(22(30)28-19)7-12-10-26-17-6-4-3-5-14(12)17;1-13(2)20-21-25-18-10-6-4-8-16(18)23(29)27(21)19(22(28)26-20)11-14-12-24-17-9-5-3-7-15(14)17/h3-6,8-11,18-19,26H,7H2,1-2H3,(H,28,30);3-10,12-13,19-20,24H,11H2,1-2H3,(H,26,28)/t18-,19+;19-,20+/m11/s1. The van der Waals surface area contributed by atoms with Crippen LogP contribution < -0.4 is 21.8 Å². The van der Waals surface area contributed by atoms with Crippen molar-refractivity contribution in [2.75, 3.05) is 0 Å². The highest BCUT2D eigenvalue weighted by atomic mass is 35.5. The van der Waals surface area contributed by atoms with E-state index in [9.17, 15) is 19.2 Å². The Morgan fingerprint density at radius 1 is 0.600 bits per heavy atom. The van der Waals surface area contributed by atoms with Gasteiger partial charge < -0.3 is 20.6 Å². The Kier molecular flexibility index (Phi) is 10.1. The minimum absolute atomic E-state index is 0.0414. The van der Waals surface area contributed by atoms with Gasteiger partial charge in [0, 0.05) is 52.1 Å². The van der Waals surface area contributed by atoms with Crippen LogP contribution in [0.5, 0.6) is 0 Å². The lowest BCUT2D eigenvalue weighted by atomic mass is 9.96. The zero-order chi connectivity index (χ0) is 42.0. The first-order chi connectivity index (χ1) is 28.9. The summed E-state index contributed by atoms with van der Waals surface area (Å²) in [5.41, 5.74) is 4.56. The molecule has 2 aliphatic heterocycles. The van der Waals surface area contributed by atoms with Gasteiger partial charge in [-0.2, -0.15) is 0 Å². The monoisotopic (exact) mass is 840 g/mol. The summed E-state index contributed by atoms with van der Waals surface area (Å²) in [6.07, 6.45) is 4.59. The number of carbonyl (C=O) groups is 2. The molecular weight excluding hydrogens is 799 g/mol. The number of hydrogen-bond donors (Lipinski definition) is 4. The fourth-order valence-electron chi connectivity index (χ4n) is 8.63. The molecule has 0 unspecified atom stereocenters. The average molecular weight is 842 g/mol. The van der Waals surface area contributed by atoms with Gasteiger partial charge in [0.1, 0.15) is 23.7 Å². The summed E-state index contributed by atoms with van der Waals surface area (Å²) >= 11 is 12.5. The topological polar surface area (TPSA) is 160 Å². The number of nitrogens with zero attached hydrogens (tertiary/aromatic N) is 4. The Hall–Kier alpha value is -6.24. The minimum atomic E-state index is -0.730. The Morgan fingerprint density at radius 2 is 1.07 bits per heavy atom. The number of halogens is 2. The largest absolute Gasteiger partial charge is 0.361 e. The Labute approximate surface area is 354 Å². The van der Waals surface area contributed by atoms with E-state index in [2.05, 4.69) is 20.6 Å². The predicted molar refractivity (Wildman–Crippen MR) is 236 cm³/mol. The lowest BCUT2D eigenvalue weighted by Gasteiger charge is -2.34. The summed E-state index contributed by atoms with van der Waals surface area (Å²) in [4.78, 5) is 69.4. The van der Waals surface area contributed by atoms with E-state index >= 15 is 0 Å². The maximum atomic E-state index is 13.6. The quantitative estimate of drug-likeness (QED) is 0.132. The third-order valence-corrected chi connectivity index (χ3v) is 12.2. The van der Waals surface area contributed by atoms with Gasteiger partial charge in [0.05, 0.1) is 38.9 Å². The predicted octanol–water partition coefficient (Wildman–Crippen LogP) is 8.28. The van der Waals surface area contributed by atoms with Crippen LogP contribution in [-0.4, -0.2) is 40.9 Å². The molecule has 8 aromatic rings. The number of carbonyl (C=O) groups excluding carboxylic acids is 2. The fraction of sp³-hybridized carbons (Fsp3) is 0.261. The number of fused-ring (bicyclic) bond motifs is 6. The summed E-state index contributed by atoms with van der Waals surface area (Å²) < 4.78 is 3.15. The van der Waals surface area contributed by atoms with Gasteiger partial charge in [0.2, 0.25) is 11.8 Å². The van der Waals surface area contributed by atoms with E-state index in [-0.39, 0.29) is 40.8 Å². The zero-order valence-electron chi connectivity index (χ0n) is 33.3. The molecule has 6 heterocycles. The molecule has 0 aliphatic carbocycles. The molecule has 4 aromatic carbocycles. The summed E-state index contributed by atoms with van der Waals surface area (Å²) in [6.45, 7) is 8.01. The van der Waals surface area contributed by atoms with Crippen LogP contribution in [-0.2, 0) is 22.4 Å². The van der Waals surface area contributed by atoms with Gasteiger partial charge in [-0.15, -0.1) is 0 Å². The van der Waals surface area contributed by atoms with Gasteiger partial charge >= 0.3 is 0 Å². The van der Waals surface area contributed by atoms with Crippen LogP contribution in [0.3, 0.4) is 0 Å². The van der Waals surface area contributed by atoms with E-state index in [0.29, 0.717) is 56.3 Å². The number of para-hydroxylation sites is 3. The molecule has 2 amide bonds. The molecule has 304 valence electrons. The molecule has 4 aromatic heterocycles. The number of hydrogen-bond acceptors (Lipinski definition) is 6. The summed E-state index contributed by atoms with van der Waals surface area (Å²) in [7, 11) is 0. The minimum Gasteiger partial charge on any atom is -0.361 e. The van der Waals surface area contributed by atoms with E-state index in [1.54, 1.807) is 22.8 Å². The SMILES string of the molecule is CC(C)[C@@H]1NC(=O)[C@@H](Cc2c[nH]c3ccccc23)n2c1nc1c(Cl)cc(Cl)cc1c2=O.CC(C)[C@@H]1NC(=O)[C@@H](Cc2c[nH]c3ccccc23)n2c1nc1ccccc1c2=O. The van der Waals surface area contributed by atoms with Gasteiger partial charge in [-0.1, -0.05) is 99.4 Å². The van der Waals surface area contributed by atoms with Gasteiger partial charge in [-0.25, -0.2) is 9.97 Å². The molecule has 0 spiro atoms. The van der Waals surface area contributed by atoms with Crippen molar-refractivity contribution >= 4 is 78.6 Å². The lowest BCUT2D eigenvalue weighted by molar-refractivity contribution is -0.127. The lowest BCUT2D eigenvalue weighted by Crippen LogP contribution is -2.49. The number of benzene rings is 4. The molecule has 14 heteroatoms. The molecule has 12 nitrogen and oxygen atoms in total. The number of aromatic nitrogens is 6. The molecule has 0 bridgehead atoms. The van der Waals surface area contributed by atoms with Gasteiger partial charge in [0.25, 0.3) is 11.1 Å². The van der Waals surface area contributed by atoms with Crippen LogP contribution in [0.25, 0.3) is 43.6 Å². The second-order valence-electron chi connectivity index (χ2n) is 16.2. The maximum Gasteiger partial charge on any atom is 0.262 e. The van der Waals surface area contributed by atoms with Gasteiger partial charge in [-0.3, -0.25) is 28.3 Å². The number of aromatic amines is 2. The number of rotatable bonds is 6. The molecule has 0 radical (unpaired) electrons. The van der Waals surface area contributed by atoms with Crippen molar-refractivity contribution in [3.8, 4) is 0 Å². The van der Waals surface area contributed by atoms with Crippen molar-refractivity contribution in [2.45, 2.75) is 64.7 Å². The van der Waals surface area contributed by atoms with E-state index in [4.69, 9.17) is 33.2 Å². The smallest absolute Gasteiger partial charge is 0.262 e. The summed E-state index contributed by atoms with van der Waals surface area (Å²) in [6, 6.07) is 24.3. The van der Waals surface area contributed by atoms with Crippen LogP contribution >= 0.6 is 23.2 Å². The highest BCUT2D eigenvalue weighted by molar-refractivity contribution is 6.38. The first-order valence-corrected chi connectivity index (χ1v) is 20.8. The highest BCUT2D eigenvalue weighted by Gasteiger charge is 2.39. The van der Waals surface area contributed by atoms with Gasteiger partial charge in [-0.05, 0) is 59.4 Å². The molecule has 4 atom stereocenters. The van der Waals surface area contributed by atoms with Crippen molar-refractivity contribution in [2.24, 2.45) is 11.8 Å². The fourth-order valence-corrected chi connectivity index (χ4v) is 9.16. The summed E-state index contributed by atoms with van der Waals surface area (Å²) in [5, 5.41) is 9.77. The third-order valence-electron chi connectivity index (χ3n) is 11.7. The number of H-pyrrole nitrogens is 2. The van der Waals surface area contributed by atoms with Crippen molar-refractivity contribution < 1.29 is 9.59 Å². The average Bonchev–Trinajstić information content (AvgIpc) is 3.84. The molecule has 0 fully saturated rings. The van der Waals surface area contributed by atoms with E-state index < -0.39 is 18.1 Å². The highest BCUT2D eigenvalue weighted by Crippen LogP contribution is 2.34. The number of amides is 2. The molecule has 0 saturated heterocycles. The number of nitrogens with one attached hydrogen (secondary N) is 4. The van der Waals surface area contributed by atoms with Crippen LogP contribution in [0, 0.1) is 11.8 Å². The molecule has 0 saturated carbocycles. The molecule has 60 heavy (non-hydrogen) atoms. The zero-order valence-corrected chi connectivity index (χ0v) is 34.8. The summed E-state index contributed by atoms with van der Waals surface area (Å²) in [5.74, 6) is 0.967. The van der Waals surface area contributed by atoms with Crippen LogP contribution in [0.15, 0.2) is 107 Å². The van der Waals surface area contributed by atoms with E-state index in [1.807, 2.05) is 107 Å². The molecule has 2 aliphatic rings. The first-order valence-electron chi connectivity index (χ1n) is 20.0. The van der Waals surface area contributed by atoms with Crippen LogP contribution in [0.2, 0.25) is 10.0 Å². The Morgan fingerprint density at radius 3 is 1.60 bits per heavy atom. The van der Waals surface area contributed by atoms with Gasteiger partial charge in [0.15, 0.2) is 0 Å². The maximum absolute atomic E-state index is 13.6. The molecule has 10 rings (SSSR count). The Bertz CT molecular complexity index is 3130. The third kappa shape index (κ3) is 6.73. The van der Waals surface area contributed by atoms with Crippen molar-refractivity contribution in [1.82, 2.24) is 39.7 Å². The van der Waals surface area contributed by atoms with E-state index in [0.717, 1.165) is 32.9 Å². The van der Waals surface area contributed by atoms with Crippen molar-refractivity contribution in [3.63, 3.8) is 0 Å². The Balaban J connectivity index is 0.000000154. The van der Waals surface area contributed by atoms with Crippen LogP contribution in [0.4, 0.5) is 0 Å². The van der Waals surface area contributed by atoms with Crippen molar-refractivity contribution in [3.05, 3.63) is 151 Å². The second-order valence-corrected chi connectivity index (χ2v) is 17.1. The molecular formula is C46H42Cl2N8O4. The van der Waals surface area contributed by atoms with Crippen molar-refractivity contribution in [1.29, 1.82) is 0 Å².